The van der Waals surface area contributed by atoms with Crippen LogP contribution in [-0.2, 0) is 22.6 Å². The molecule has 0 saturated carbocycles. The lowest BCUT2D eigenvalue weighted by atomic mass is 10.2. The molecule has 0 aliphatic heterocycles. The smallest absolute Gasteiger partial charge is 0.306 e. The molecule has 0 aromatic carbocycles. The minimum absolute atomic E-state index is 0.0170. The summed E-state index contributed by atoms with van der Waals surface area (Å²) in [7, 11) is 0. The van der Waals surface area contributed by atoms with Gasteiger partial charge in [0.1, 0.15) is 12.3 Å². The number of ether oxygens (including phenoxy) is 1. The summed E-state index contributed by atoms with van der Waals surface area (Å²) in [5.41, 5.74) is 1.74. The molecule has 0 spiro atoms. The molecular formula is C16H13ClN2O3S. The maximum Gasteiger partial charge on any atom is 0.306 e. The molecule has 0 fully saturated rings. The van der Waals surface area contributed by atoms with Crippen LogP contribution in [-0.4, -0.2) is 15.4 Å². The second-order valence-electron chi connectivity index (χ2n) is 4.95. The molecule has 118 valence electrons. The fourth-order valence-corrected chi connectivity index (χ4v) is 2.97. The number of thiophene rings is 1. The number of esters is 1. The first-order valence-electron chi connectivity index (χ1n) is 6.96. The largest absolute Gasteiger partial charge is 0.459 e. The van der Waals surface area contributed by atoms with Crippen molar-refractivity contribution in [2.24, 2.45) is 0 Å². The van der Waals surface area contributed by atoms with Crippen LogP contribution in [0.1, 0.15) is 17.7 Å². The van der Waals surface area contributed by atoms with Gasteiger partial charge in [-0.25, -0.2) is 4.98 Å². The summed E-state index contributed by atoms with van der Waals surface area (Å²) >= 11 is 7.45. The summed E-state index contributed by atoms with van der Waals surface area (Å²) in [6.07, 6.45) is 2.45. The van der Waals surface area contributed by atoms with Crippen molar-refractivity contribution in [1.29, 1.82) is 0 Å². The highest BCUT2D eigenvalue weighted by molar-refractivity contribution is 7.07. The number of pyridine rings is 1. The lowest BCUT2D eigenvalue weighted by Gasteiger charge is -2.06. The highest BCUT2D eigenvalue weighted by Crippen LogP contribution is 2.10. The number of carbonyl (C=O) groups is 1. The summed E-state index contributed by atoms with van der Waals surface area (Å²) in [5, 5.41) is 4.43. The Morgan fingerprint density at radius 2 is 2.22 bits per heavy atom. The first kappa shape index (κ1) is 15.7. The molecule has 0 N–H and O–H groups in total. The van der Waals surface area contributed by atoms with Crippen molar-refractivity contribution in [3.05, 3.63) is 67.9 Å². The van der Waals surface area contributed by atoms with Gasteiger partial charge < -0.3 is 4.74 Å². The number of aryl methyl sites for hydroxylation is 1. The van der Waals surface area contributed by atoms with E-state index < -0.39 is 0 Å². The number of halogens is 1. The van der Waals surface area contributed by atoms with Crippen LogP contribution in [0.25, 0.3) is 5.65 Å². The second-order valence-corrected chi connectivity index (χ2v) is 6.17. The summed E-state index contributed by atoms with van der Waals surface area (Å²) in [5.74, 6) is -0.311. The van der Waals surface area contributed by atoms with E-state index in [9.17, 15) is 9.59 Å². The van der Waals surface area contributed by atoms with Crippen molar-refractivity contribution >= 4 is 34.6 Å². The summed E-state index contributed by atoms with van der Waals surface area (Å²) in [6, 6.07) is 6.62. The summed E-state index contributed by atoms with van der Waals surface area (Å²) < 4.78 is 6.53. The van der Waals surface area contributed by atoms with E-state index in [4.69, 9.17) is 16.3 Å². The van der Waals surface area contributed by atoms with Gasteiger partial charge in [0.15, 0.2) is 0 Å². The molecule has 23 heavy (non-hydrogen) atoms. The molecular weight excluding hydrogens is 336 g/mol. The monoisotopic (exact) mass is 348 g/mol. The van der Waals surface area contributed by atoms with Crippen molar-refractivity contribution in [3.63, 3.8) is 0 Å². The molecule has 3 rings (SSSR count). The zero-order chi connectivity index (χ0) is 16.2. The number of hydrogen-bond donors (Lipinski definition) is 0. The highest BCUT2D eigenvalue weighted by Gasteiger charge is 2.08. The number of hydrogen-bond acceptors (Lipinski definition) is 5. The normalized spacial score (nSPS) is 10.8. The summed E-state index contributed by atoms with van der Waals surface area (Å²) in [6.45, 7) is -0.0170. The van der Waals surface area contributed by atoms with Crippen LogP contribution in [0.4, 0.5) is 0 Å². The van der Waals surface area contributed by atoms with E-state index in [1.54, 1.807) is 23.5 Å². The van der Waals surface area contributed by atoms with Gasteiger partial charge in [0.25, 0.3) is 5.56 Å². The average molecular weight is 349 g/mol. The lowest BCUT2D eigenvalue weighted by Crippen LogP contribution is -2.16. The molecule has 0 saturated heterocycles. The molecule has 0 amide bonds. The van der Waals surface area contributed by atoms with Gasteiger partial charge >= 0.3 is 5.97 Å². The minimum Gasteiger partial charge on any atom is -0.459 e. The van der Waals surface area contributed by atoms with Crippen LogP contribution < -0.4 is 5.56 Å². The Balaban J connectivity index is 1.64. The topological polar surface area (TPSA) is 60.7 Å². The first-order valence-corrected chi connectivity index (χ1v) is 8.28. The predicted molar refractivity (Wildman–Crippen MR) is 88.9 cm³/mol. The van der Waals surface area contributed by atoms with Crippen molar-refractivity contribution in [3.8, 4) is 0 Å². The van der Waals surface area contributed by atoms with E-state index in [-0.39, 0.29) is 18.1 Å². The molecule has 5 nitrogen and oxygen atoms in total. The molecule has 0 unspecified atom stereocenters. The quantitative estimate of drug-likeness (QED) is 0.665. The first-order chi connectivity index (χ1) is 11.1. The molecule has 0 atom stereocenters. The maximum absolute atomic E-state index is 12.0. The van der Waals surface area contributed by atoms with Crippen LogP contribution >= 0.6 is 22.9 Å². The van der Waals surface area contributed by atoms with Gasteiger partial charge in [-0.3, -0.25) is 14.0 Å². The van der Waals surface area contributed by atoms with Crippen molar-refractivity contribution in [2.45, 2.75) is 19.4 Å². The number of nitrogens with zero attached hydrogens (tertiary/aromatic N) is 2. The fourth-order valence-electron chi connectivity index (χ4n) is 2.11. The van der Waals surface area contributed by atoms with E-state index in [1.165, 1.54) is 16.7 Å². The minimum atomic E-state index is -0.311. The molecule has 7 heteroatoms. The third-order valence-electron chi connectivity index (χ3n) is 3.26. The zero-order valence-electron chi connectivity index (χ0n) is 12.1. The van der Waals surface area contributed by atoms with E-state index in [0.717, 1.165) is 5.56 Å². The third-order valence-corrected chi connectivity index (χ3v) is 4.21. The van der Waals surface area contributed by atoms with Gasteiger partial charge in [-0.2, -0.15) is 11.3 Å². The van der Waals surface area contributed by atoms with Crippen LogP contribution in [0.5, 0.6) is 0 Å². The van der Waals surface area contributed by atoms with Gasteiger partial charge in [0.2, 0.25) is 0 Å². The molecule has 0 bridgehead atoms. The molecule has 0 aliphatic rings. The van der Waals surface area contributed by atoms with E-state index in [2.05, 4.69) is 4.98 Å². The van der Waals surface area contributed by atoms with Gasteiger partial charge in [-0.1, -0.05) is 11.6 Å². The predicted octanol–water partition coefficient (Wildman–Crippen LogP) is 3.09. The Morgan fingerprint density at radius 3 is 3.00 bits per heavy atom. The van der Waals surface area contributed by atoms with Gasteiger partial charge in [0, 0.05) is 18.7 Å². The van der Waals surface area contributed by atoms with E-state index in [0.29, 0.717) is 29.2 Å². The standard InChI is InChI=1S/C16H13ClN2O3S/c17-12-2-3-14-18-13(7-15(20)19(14)8-12)9-22-16(21)4-1-11-5-6-23-10-11/h2-3,5-8,10H,1,4,9H2. The van der Waals surface area contributed by atoms with Crippen LogP contribution in [0.15, 0.2) is 46.0 Å². The Labute approximate surface area is 141 Å². The van der Waals surface area contributed by atoms with Crippen LogP contribution in [0.3, 0.4) is 0 Å². The van der Waals surface area contributed by atoms with Gasteiger partial charge in [-0.05, 0) is 40.9 Å². The average Bonchev–Trinajstić information content (AvgIpc) is 3.05. The Bertz CT molecular complexity index is 890. The van der Waals surface area contributed by atoms with Crippen LogP contribution in [0.2, 0.25) is 5.02 Å². The van der Waals surface area contributed by atoms with Gasteiger partial charge in [-0.15, -0.1) is 0 Å². The van der Waals surface area contributed by atoms with E-state index >= 15 is 0 Å². The molecule has 3 aromatic heterocycles. The Kier molecular flexibility index (Phi) is 4.73. The molecule has 0 radical (unpaired) electrons. The molecule has 0 aliphatic carbocycles. The SMILES string of the molecule is O=C(CCc1ccsc1)OCc1cc(=O)n2cc(Cl)ccc2n1. The number of aromatic nitrogens is 2. The van der Waals surface area contributed by atoms with Crippen molar-refractivity contribution in [2.75, 3.05) is 0 Å². The summed E-state index contributed by atoms with van der Waals surface area (Å²) in [4.78, 5) is 28.0. The molecule has 3 heterocycles. The van der Waals surface area contributed by atoms with E-state index in [1.807, 2.05) is 16.8 Å². The van der Waals surface area contributed by atoms with Crippen molar-refractivity contribution in [1.82, 2.24) is 9.38 Å². The van der Waals surface area contributed by atoms with Gasteiger partial charge in [0.05, 0.1) is 10.7 Å². The number of carbonyl (C=O) groups excluding carboxylic acids is 1. The van der Waals surface area contributed by atoms with Crippen LogP contribution in [0, 0.1) is 0 Å². The molecule has 3 aromatic rings. The second kappa shape index (κ2) is 6.93. The maximum atomic E-state index is 12.0. The lowest BCUT2D eigenvalue weighted by molar-refractivity contribution is -0.145. The van der Waals surface area contributed by atoms with Crippen molar-refractivity contribution < 1.29 is 9.53 Å². The number of fused-ring (bicyclic) bond motifs is 1. The highest BCUT2D eigenvalue weighted by atomic mass is 35.5. The third kappa shape index (κ3) is 3.97. The Hall–Kier alpha value is -2.18. The zero-order valence-corrected chi connectivity index (χ0v) is 13.6. The Morgan fingerprint density at radius 1 is 1.35 bits per heavy atom. The fraction of sp³-hybridized carbons (Fsp3) is 0.188. The number of rotatable bonds is 5.